The smallest absolute Gasteiger partial charge is 0.305 e. The molecule has 168 valence electrons. The number of ketones is 1. The zero-order valence-electron chi connectivity index (χ0n) is 17.8. The Labute approximate surface area is 183 Å². The van der Waals surface area contributed by atoms with E-state index in [-0.39, 0.29) is 17.2 Å². The fourth-order valence-electron chi connectivity index (χ4n) is 4.54. The fourth-order valence-corrected chi connectivity index (χ4v) is 4.54. The number of hydrogen-bond acceptors (Lipinski definition) is 9. The van der Waals surface area contributed by atoms with Crippen molar-refractivity contribution in [1.29, 1.82) is 0 Å². The number of carbonyl (C=O) groups excluding carboxylic acids is 5. The summed E-state index contributed by atoms with van der Waals surface area (Å²) in [5, 5.41) is 0. The van der Waals surface area contributed by atoms with Crippen molar-refractivity contribution >= 4 is 35.2 Å². The van der Waals surface area contributed by atoms with Gasteiger partial charge in [0, 0.05) is 19.4 Å². The predicted molar refractivity (Wildman–Crippen MR) is 107 cm³/mol. The first-order valence-electron chi connectivity index (χ1n) is 9.89. The molecule has 0 N–H and O–H groups in total. The summed E-state index contributed by atoms with van der Waals surface area (Å²) in [5.74, 6) is -4.76. The molecular formula is C22H21NO9. The van der Waals surface area contributed by atoms with Gasteiger partial charge in [0.05, 0.1) is 30.7 Å². The molecule has 10 heteroatoms. The Morgan fingerprint density at radius 2 is 1.72 bits per heavy atom. The average molecular weight is 443 g/mol. The summed E-state index contributed by atoms with van der Waals surface area (Å²) in [4.78, 5) is 63.1. The number of nitrogens with zero attached hydrogens (tertiary/aromatic N) is 1. The highest BCUT2D eigenvalue weighted by atomic mass is 16.7. The van der Waals surface area contributed by atoms with Gasteiger partial charge in [0.1, 0.15) is 5.75 Å². The maximum Gasteiger partial charge on any atom is 0.305 e. The van der Waals surface area contributed by atoms with Crippen LogP contribution in [0.2, 0.25) is 0 Å². The van der Waals surface area contributed by atoms with Crippen LogP contribution in [0.3, 0.4) is 0 Å². The van der Waals surface area contributed by atoms with E-state index < -0.39 is 53.6 Å². The van der Waals surface area contributed by atoms with E-state index in [1.165, 1.54) is 38.3 Å². The molecule has 0 aliphatic carbocycles. The zero-order valence-corrected chi connectivity index (χ0v) is 17.8. The molecule has 3 heterocycles. The van der Waals surface area contributed by atoms with Crippen molar-refractivity contribution in [2.75, 3.05) is 12.0 Å². The van der Waals surface area contributed by atoms with E-state index >= 15 is 0 Å². The van der Waals surface area contributed by atoms with Gasteiger partial charge in [-0.1, -0.05) is 6.08 Å². The Bertz CT molecular complexity index is 1060. The number of anilines is 1. The van der Waals surface area contributed by atoms with Gasteiger partial charge in [0.25, 0.3) is 6.29 Å². The van der Waals surface area contributed by atoms with E-state index in [9.17, 15) is 24.0 Å². The molecule has 2 bridgehead atoms. The number of esters is 2. The van der Waals surface area contributed by atoms with E-state index in [0.717, 1.165) is 18.7 Å². The average Bonchev–Trinajstić information content (AvgIpc) is 3.37. The Hall–Kier alpha value is -3.53. The van der Waals surface area contributed by atoms with Gasteiger partial charge in [-0.25, -0.2) is 4.90 Å². The number of benzene rings is 1. The number of Topliss-reactive ketones (excluding diaryl/α,β-unsaturated/α-hetero) is 1. The normalized spacial score (nSPS) is 27.7. The van der Waals surface area contributed by atoms with Crippen LogP contribution in [0.1, 0.15) is 31.1 Å². The number of methoxy groups -OCH3 is 1. The molecular weight excluding hydrogens is 422 g/mol. The number of amides is 2. The molecule has 32 heavy (non-hydrogen) atoms. The van der Waals surface area contributed by atoms with Crippen LogP contribution in [-0.4, -0.2) is 54.6 Å². The first-order valence-corrected chi connectivity index (χ1v) is 9.89. The summed E-state index contributed by atoms with van der Waals surface area (Å²) in [6, 6.07) is 4.45. The second-order valence-electron chi connectivity index (χ2n) is 7.80. The van der Waals surface area contributed by atoms with Crippen LogP contribution in [0.15, 0.2) is 30.4 Å². The summed E-state index contributed by atoms with van der Waals surface area (Å²) < 4.78 is 21.6. The van der Waals surface area contributed by atoms with Gasteiger partial charge in [-0.15, -0.1) is 0 Å². The van der Waals surface area contributed by atoms with Crippen LogP contribution < -0.4 is 9.64 Å². The van der Waals surface area contributed by atoms with E-state index in [4.69, 9.17) is 18.9 Å². The van der Waals surface area contributed by atoms with Crippen molar-refractivity contribution in [1.82, 2.24) is 0 Å². The molecule has 3 aliphatic rings. The van der Waals surface area contributed by atoms with Gasteiger partial charge in [-0.2, -0.15) is 0 Å². The molecule has 2 saturated heterocycles. The summed E-state index contributed by atoms with van der Waals surface area (Å²) in [6.45, 7) is 3.62. The zero-order chi connectivity index (χ0) is 23.4. The lowest BCUT2D eigenvalue weighted by molar-refractivity contribution is -0.226. The van der Waals surface area contributed by atoms with E-state index in [1.54, 1.807) is 6.08 Å². The number of carbonyl (C=O) groups is 5. The van der Waals surface area contributed by atoms with Crippen molar-refractivity contribution < 1.29 is 42.9 Å². The maximum absolute atomic E-state index is 13.6. The lowest BCUT2D eigenvalue weighted by Gasteiger charge is -2.34. The van der Waals surface area contributed by atoms with Gasteiger partial charge in [-0.05, 0) is 31.2 Å². The largest absolute Gasteiger partial charge is 0.495 e. The highest BCUT2D eigenvalue weighted by molar-refractivity contribution is 6.24. The fraction of sp³-hybridized carbons (Fsp3) is 0.409. The van der Waals surface area contributed by atoms with Gasteiger partial charge in [0.15, 0.2) is 11.4 Å². The molecule has 0 radical (unpaired) electrons. The van der Waals surface area contributed by atoms with Crippen LogP contribution in [0.5, 0.6) is 5.75 Å². The standard InChI is InChI=1S/C22H21NO9/c1-10(24)13-5-6-15(29-4)14(9-13)23-19(27)17-16-7-8-22(32-16,18(17)20(23)28)21(30-11(2)25)31-12(3)26/h5-9,16-18,21H,1-4H3/t16-,17-,18-,22-/m0/s1. The molecule has 10 nitrogen and oxygen atoms in total. The third kappa shape index (κ3) is 3.10. The molecule has 0 unspecified atom stereocenters. The lowest BCUT2D eigenvalue weighted by Crippen LogP contribution is -2.52. The van der Waals surface area contributed by atoms with Crippen molar-refractivity contribution in [3.8, 4) is 5.75 Å². The molecule has 1 aromatic rings. The van der Waals surface area contributed by atoms with Crippen LogP contribution in [0.25, 0.3) is 0 Å². The van der Waals surface area contributed by atoms with Crippen molar-refractivity contribution in [2.24, 2.45) is 11.8 Å². The molecule has 0 spiro atoms. The second kappa shape index (κ2) is 7.56. The predicted octanol–water partition coefficient (Wildman–Crippen LogP) is 1.16. The summed E-state index contributed by atoms with van der Waals surface area (Å²) in [7, 11) is 1.38. The van der Waals surface area contributed by atoms with Crippen molar-refractivity contribution in [2.45, 2.75) is 38.8 Å². The number of hydrogen-bond donors (Lipinski definition) is 0. The third-order valence-corrected chi connectivity index (χ3v) is 5.82. The molecule has 2 fully saturated rings. The number of rotatable bonds is 6. The minimum atomic E-state index is -1.65. The van der Waals surface area contributed by atoms with Gasteiger partial charge < -0.3 is 18.9 Å². The van der Waals surface area contributed by atoms with Gasteiger partial charge in [0.2, 0.25) is 11.8 Å². The van der Waals surface area contributed by atoms with Crippen LogP contribution in [0, 0.1) is 11.8 Å². The molecule has 0 aromatic heterocycles. The third-order valence-electron chi connectivity index (χ3n) is 5.82. The highest BCUT2D eigenvalue weighted by Gasteiger charge is 2.72. The number of imide groups is 1. The number of fused-ring (bicyclic) bond motifs is 5. The molecule has 3 aliphatic heterocycles. The Morgan fingerprint density at radius 1 is 1.06 bits per heavy atom. The quantitative estimate of drug-likeness (QED) is 0.209. The first-order chi connectivity index (χ1) is 15.1. The monoisotopic (exact) mass is 443 g/mol. The second-order valence-corrected chi connectivity index (χ2v) is 7.80. The first kappa shape index (κ1) is 21.7. The molecule has 1 aromatic carbocycles. The van der Waals surface area contributed by atoms with E-state index in [2.05, 4.69) is 0 Å². The molecule has 0 saturated carbocycles. The highest BCUT2D eigenvalue weighted by Crippen LogP contribution is 2.55. The lowest BCUT2D eigenvalue weighted by atomic mass is 9.76. The molecule has 4 atom stereocenters. The summed E-state index contributed by atoms with van der Waals surface area (Å²) in [5.41, 5.74) is -1.24. The SMILES string of the molecule is COc1ccc(C(C)=O)cc1N1C(=O)[C@H]2[C@@H]3C=C[C@](C(OC(C)=O)OC(C)=O)(O3)[C@@H]2C1=O. The Morgan fingerprint density at radius 3 is 2.28 bits per heavy atom. The minimum absolute atomic E-state index is 0.121. The Balaban J connectivity index is 1.79. The van der Waals surface area contributed by atoms with Crippen molar-refractivity contribution in [3.63, 3.8) is 0 Å². The molecule has 4 rings (SSSR count). The number of ether oxygens (including phenoxy) is 4. The summed E-state index contributed by atoms with van der Waals surface area (Å²) >= 11 is 0. The maximum atomic E-state index is 13.6. The van der Waals surface area contributed by atoms with Crippen molar-refractivity contribution in [3.05, 3.63) is 35.9 Å². The minimum Gasteiger partial charge on any atom is -0.495 e. The summed E-state index contributed by atoms with van der Waals surface area (Å²) in [6.07, 6.45) is 0.736. The van der Waals surface area contributed by atoms with Crippen LogP contribution in [-0.2, 0) is 33.4 Å². The van der Waals surface area contributed by atoms with E-state index in [1.807, 2.05) is 0 Å². The van der Waals surface area contributed by atoms with Gasteiger partial charge >= 0.3 is 11.9 Å². The van der Waals surface area contributed by atoms with Crippen LogP contribution >= 0.6 is 0 Å². The van der Waals surface area contributed by atoms with E-state index in [0.29, 0.717) is 5.56 Å². The Kier molecular flexibility index (Phi) is 5.12. The molecule has 2 amide bonds. The van der Waals surface area contributed by atoms with Crippen LogP contribution in [0.4, 0.5) is 5.69 Å². The van der Waals surface area contributed by atoms with Gasteiger partial charge in [-0.3, -0.25) is 24.0 Å². The topological polar surface area (TPSA) is 126 Å².